The molecule has 1 aliphatic heterocycles. The van der Waals surface area contributed by atoms with Crippen molar-refractivity contribution in [1.29, 1.82) is 0 Å². The van der Waals surface area contributed by atoms with Crippen LogP contribution in [0.2, 0.25) is 5.02 Å². The molecule has 3 heteroatoms. The molecule has 0 radical (unpaired) electrons. The zero-order valence-electron chi connectivity index (χ0n) is 10.8. The van der Waals surface area contributed by atoms with Crippen LogP contribution in [0.1, 0.15) is 24.8 Å². The van der Waals surface area contributed by atoms with Crippen LogP contribution in [0.4, 0.5) is 0 Å². The minimum atomic E-state index is 0.389. The van der Waals surface area contributed by atoms with Gasteiger partial charge in [-0.25, -0.2) is 0 Å². The lowest BCUT2D eigenvalue weighted by molar-refractivity contribution is 0.120. The largest absolute Gasteiger partial charge is 0.490 e. The van der Waals surface area contributed by atoms with Gasteiger partial charge in [-0.1, -0.05) is 11.6 Å². The Bertz CT molecular complexity index is 425. The Morgan fingerprint density at radius 3 is 2.72 bits per heavy atom. The van der Waals surface area contributed by atoms with E-state index in [1.807, 2.05) is 18.2 Å². The summed E-state index contributed by atoms with van der Waals surface area (Å²) in [5.74, 6) is 2.45. The van der Waals surface area contributed by atoms with Crippen LogP contribution in [-0.4, -0.2) is 19.2 Å². The number of ether oxygens (including phenoxy) is 1. The SMILES string of the molecule is Cc1cc(Cl)ccc1O[C@@H](C1CC1)[C@H]1CCNC1. The predicted octanol–water partition coefficient (Wildman–Crippen LogP) is 3.42. The average Bonchev–Trinajstić information content (AvgIpc) is 3.03. The highest BCUT2D eigenvalue weighted by molar-refractivity contribution is 6.30. The van der Waals surface area contributed by atoms with Gasteiger partial charge >= 0.3 is 0 Å². The molecular weight excluding hydrogens is 246 g/mol. The van der Waals surface area contributed by atoms with E-state index in [1.165, 1.54) is 19.3 Å². The smallest absolute Gasteiger partial charge is 0.122 e. The summed E-state index contributed by atoms with van der Waals surface area (Å²) >= 11 is 5.99. The van der Waals surface area contributed by atoms with E-state index in [0.717, 1.165) is 35.3 Å². The third-order valence-corrected chi connectivity index (χ3v) is 4.28. The molecule has 0 unspecified atom stereocenters. The number of hydrogen-bond acceptors (Lipinski definition) is 2. The van der Waals surface area contributed by atoms with Crippen molar-refractivity contribution >= 4 is 11.6 Å². The number of rotatable bonds is 4. The van der Waals surface area contributed by atoms with Gasteiger partial charge in [0.05, 0.1) is 0 Å². The lowest BCUT2D eigenvalue weighted by Gasteiger charge is -2.25. The maximum absolute atomic E-state index is 6.31. The van der Waals surface area contributed by atoms with Crippen molar-refractivity contribution in [2.24, 2.45) is 11.8 Å². The van der Waals surface area contributed by atoms with E-state index in [-0.39, 0.29) is 0 Å². The quantitative estimate of drug-likeness (QED) is 0.901. The molecule has 1 N–H and O–H groups in total. The van der Waals surface area contributed by atoms with Gasteiger partial charge in [-0.2, -0.15) is 0 Å². The van der Waals surface area contributed by atoms with Gasteiger partial charge in [0, 0.05) is 17.5 Å². The van der Waals surface area contributed by atoms with Crippen LogP contribution in [0.25, 0.3) is 0 Å². The van der Waals surface area contributed by atoms with E-state index < -0.39 is 0 Å². The highest BCUT2D eigenvalue weighted by Crippen LogP contribution is 2.40. The minimum Gasteiger partial charge on any atom is -0.490 e. The molecule has 2 fully saturated rings. The first-order valence-corrected chi connectivity index (χ1v) is 7.25. The fraction of sp³-hybridized carbons (Fsp3) is 0.600. The monoisotopic (exact) mass is 265 g/mol. The van der Waals surface area contributed by atoms with Gasteiger partial charge < -0.3 is 10.1 Å². The number of benzene rings is 1. The topological polar surface area (TPSA) is 21.3 Å². The first-order chi connectivity index (χ1) is 8.74. The van der Waals surface area contributed by atoms with E-state index in [1.54, 1.807) is 0 Å². The van der Waals surface area contributed by atoms with Crippen LogP contribution in [0.5, 0.6) is 5.75 Å². The van der Waals surface area contributed by atoms with E-state index in [4.69, 9.17) is 16.3 Å². The Morgan fingerprint density at radius 1 is 1.28 bits per heavy atom. The molecule has 1 heterocycles. The molecule has 0 bridgehead atoms. The first-order valence-electron chi connectivity index (χ1n) is 6.87. The molecule has 18 heavy (non-hydrogen) atoms. The van der Waals surface area contributed by atoms with E-state index in [0.29, 0.717) is 12.0 Å². The average molecular weight is 266 g/mol. The Hall–Kier alpha value is -0.730. The summed E-state index contributed by atoms with van der Waals surface area (Å²) in [5.41, 5.74) is 1.14. The number of hydrogen-bond donors (Lipinski definition) is 1. The third kappa shape index (κ3) is 2.65. The molecule has 1 aromatic rings. The normalized spacial score (nSPS) is 25.1. The highest BCUT2D eigenvalue weighted by Gasteiger charge is 2.39. The first kappa shape index (κ1) is 12.3. The van der Waals surface area contributed by atoms with Gasteiger partial charge in [0.1, 0.15) is 11.9 Å². The van der Waals surface area contributed by atoms with Gasteiger partial charge in [0.2, 0.25) is 0 Å². The second kappa shape index (κ2) is 5.10. The zero-order valence-corrected chi connectivity index (χ0v) is 11.5. The maximum atomic E-state index is 6.31. The second-order valence-corrected chi connectivity index (χ2v) is 6.02. The molecule has 2 atom stereocenters. The molecule has 1 saturated heterocycles. The molecule has 98 valence electrons. The van der Waals surface area contributed by atoms with Gasteiger partial charge in [-0.05, 0) is 62.4 Å². The lowest BCUT2D eigenvalue weighted by Crippen LogP contribution is -2.31. The summed E-state index contributed by atoms with van der Waals surface area (Å²) in [5, 5.41) is 4.23. The lowest BCUT2D eigenvalue weighted by atomic mass is 9.97. The Balaban J connectivity index is 1.75. The summed E-state index contributed by atoms with van der Waals surface area (Å²) in [6, 6.07) is 5.91. The fourth-order valence-electron chi connectivity index (χ4n) is 2.85. The van der Waals surface area contributed by atoms with Gasteiger partial charge in [-0.3, -0.25) is 0 Å². The van der Waals surface area contributed by atoms with Crippen LogP contribution in [-0.2, 0) is 0 Å². The molecule has 3 rings (SSSR count). The number of aryl methyl sites for hydroxylation is 1. The van der Waals surface area contributed by atoms with Crippen LogP contribution >= 0.6 is 11.6 Å². The van der Waals surface area contributed by atoms with Crippen molar-refractivity contribution in [2.75, 3.05) is 13.1 Å². The maximum Gasteiger partial charge on any atom is 0.122 e. The third-order valence-electron chi connectivity index (χ3n) is 4.05. The summed E-state index contributed by atoms with van der Waals surface area (Å²) in [4.78, 5) is 0. The Morgan fingerprint density at radius 2 is 2.11 bits per heavy atom. The minimum absolute atomic E-state index is 0.389. The number of halogens is 1. The standard InChI is InChI=1S/C15H20ClNO/c1-10-8-13(16)4-5-14(10)18-15(11-2-3-11)12-6-7-17-9-12/h4-5,8,11-12,15,17H,2-3,6-7,9H2,1H3/t12-,15-/m0/s1. The number of nitrogens with one attached hydrogen (secondary N) is 1. The van der Waals surface area contributed by atoms with Crippen molar-refractivity contribution in [3.05, 3.63) is 28.8 Å². The Labute approximate surface area is 114 Å². The van der Waals surface area contributed by atoms with Crippen molar-refractivity contribution < 1.29 is 4.74 Å². The molecule has 0 amide bonds. The Kier molecular flexibility index (Phi) is 3.49. The van der Waals surface area contributed by atoms with Crippen molar-refractivity contribution in [3.63, 3.8) is 0 Å². The van der Waals surface area contributed by atoms with E-state index >= 15 is 0 Å². The molecule has 1 saturated carbocycles. The van der Waals surface area contributed by atoms with Gasteiger partial charge in [-0.15, -0.1) is 0 Å². The summed E-state index contributed by atoms with van der Waals surface area (Å²) < 4.78 is 6.31. The molecule has 2 nitrogen and oxygen atoms in total. The summed E-state index contributed by atoms with van der Waals surface area (Å²) in [6.45, 7) is 4.31. The zero-order chi connectivity index (χ0) is 12.5. The molecule has 0 aromatic heterocycles. The molecular formula is C15H20ClNO. The van der Waals surface area contributed by atoms with Crippen molar-refractivity contribution in [3.8, 4) is 5.75 Å². The van der Waals surface area contributed by atoms with Crippen LogP contribution in [0.3, 0.4) is 0 Å². The summed E-state index contributed by atoms with van der Waals surface area (Å²) in [7, 11) is 0. The molecule has 1 aromatic carbocycles. The van der Waals surface area contributed by atoms with E-state index in [2.05, 4.69) is 12.2 Å². The molecule has 0 spiro atoms. The molecule has 2 aliphatic rings. The van der Waals surface area contributed by atoms with Crippen molar-refractivity contribution in [2.45, 2.75) is 32.3 Å². The van der Waals surface area contributed by atoms with E-state index in [9.17, 15) is 0 Å². The highest BCUT2D eigenvalue weighted by atomic mass is 35.5. The van der Waals surface area contributed by atoms with Crippen LogP contribution in [0.15, 0.2) is 18.2 Å². The van der Waals surface area contributed by atoms with Crippen molar-refractivity contribution in [1.82, 2.24) is 5.32 Å². The van der Waals surface area contributed by atoms with Gasteiger partial charge in [0.25, 0.3) is 0 Å². The fourth-order valence-corrected chi connectivity index (χ4v) is 3.08. The van der Waals surface area contributed by atoms with Gasteiger partial charge in [0.15, 0.2) is 0 Å². The predicted molar refractivity (Wildman–Crippen MR) is 74.3 cm³/mol. The summed E-state index contributed by atoms with van der Waals surface area (Å²) in [6.07, 6.45) is 4.29. The second-order valence-electron chi connectivity index (χ2n) is 5.58. The van der Waals surface area contributed by atoms with Crippen LogP contribution < -0.4 is 10.1 Å². The van der Waals surface area contributed by atoms with Crippen LogP contribution in [0, 0.1) is 18.8 Å². The molecule has 1 aliphatic carbocycles.